The molecule has 6 nitrogen and oxygen atoms in total. The number of ketones is 1. The average molecular weight is 348 g/mol. The third kappa shape index (κ3) is 4.04. The van der Waals surface area contributed by atoms with Gasteiger partial charge in [-0.1, -0.05) is 48.5 Å². The van der Waals surface area contributed by atoms with Gasteiger partial charge in [-0.3, -0.25) is 14.2 Å². The third-order valence-electron chi connectivity index (χ3n) is 4.08. The first-order chi connectivity index (χ1) is 12.7. The molecule has 1 aromatic heterocycles. The molecule has 0 spiro atoms. The van der Waals surface area contributed by atoms with Crippen LogP contribution < -0.4 is 11.1 Å². The smallest absolute Gasteiger partial charge is 0.270 e. The number of imidazole rings is 1. The summed E-state index contributed by atoms with van der Waals surface area (Å²) in [6.45, 7) is -0.129. The molecule has 132 valence electrons. The zero-order valence-electron chi connectivity index (χ0n) is 14.2. The Hall–Kier alpha value is -3.25. The number of Topliss-reactive ketones (excluding diaryl/α,β-unsaturated/α-hetero) is 1. The maximum Gasteiger partial charge on any atom is 0.270 e. The summed E-state index contributed by atoms with van der Waals surface area (Å²) in [5.41, 5.74) is 7.66. The normalized spacial score (nSPS) is 11.7. The van der Waals surface area contributed by atoms with Crippen molar-refractivity contribution in [1.82, 2.24) is 14.9 Å². The topological polar surface area (TPSA) is 90.0 Å². The van der Waals surface area contributed by atoms with E-state index in [0.29, 0.717) is 12.1 Å². The Balaban J connectivity index is 1.81. The minimum absolute atomic E-state index is 0.129. The summed E-state index contributed by atoms with van der Waals surface area (Å²) in [7, 11) is 0. The lowest BCUT2D eigenvalue weighted by atomic mass is 10.0. The number of carbonyl (C=O) groups is 2. The fraction of sp³-hybridized carbons (Fsp3) is 0.150. The van der Waals surface area contributed by atoms with Crippen molar-refractivity contribution >= 4 is 11.7 Å². The largest absolute Gasteiger partial charge is 0.341 e. The number of aromatic nitrogens is 2. The molecule has 0 aliphatic heterocycles. The second-order valence-electron chi connectivity index (χ2n) is 5.87. The van der Waals surface area contributed by atoms with E-state index in [2.05, 4.69) is 10.3 Å². The van der Waals surface area contributed by atoms with Crippen LogP contribution in [0.2, 0.25) is 0 Å². The molecule has 3 aromatic rings. The van der Waals surface area contributed by atoms with Gasteiger partial charge < -0.3 is 11.1 Å². The zero-order valence-corrected chi connectivity index (χ0v) is 14.2. The van der Waals surface area contributed by atoms with E-state index < -0.39 is 6.04 Å². The van der Waals surface area contributed by atoms with E-state index in [0.717, 1.165) is 11.3 Å². The van der Waals surface area contributed by atoms with Crippen molar-refractivity contribution in [2.75, 3.05) is 6.54 Å². The van der Waals surface area contributed by atoms with Crippen LogP contribution in [0.25, 0.3) is 5.69 Å². The van der Waals surface area contributed by atoms with Gasteiger partial charge in [0.2, 0.25) is 0 Å². The first-order valence-corrected chi connectivity index (χ1v) is 8.34. The molecule has 0 bridgehead atoms. The van der Waals surface area contributed by atoms with Crippen molar-refractivity contribution in [2.45, 2.75) is 12.5 Å². The van der Waals surface area contributed by atoms with E-state index in [1.165, 1.54) is 6.20 Å². The summed E-state index contributed by atoms with van der Waals surface area (Å²) >= 11 is 0. The van der Waals surface area contributed by atoms with Crippen LogP contribution in [-0.2, 0) is 11.2 Å². The molecule has 1 atom stereocenters. The number of benzene rings is 2. The van der Waals surface area contributed by atoms with Crippen LogP contribution in [0.3, 0.4) is 0 Å². The van der Waals surface area contributed by atoms with Crippen LogP contribution in [0.15, 0.2) is 73.2 Å². The van der Waals surface area contributed by atoms with Crippen molar-refractivity contribution in [3.8, 4) is 5.69 Å². The van der Waals surface area contributed by atoms with Gasteiger partial charge in [-0.15, -0.1) is 0 Å². The summed E-state index contributed by atoms with van der Waals surface area (Å²) in [5.74, 6) is -0.581. The van der Waals surface area contributed by atoms with E-state index in [-0.39, 0.29) is 18.2 Å². The zero-order chi connectivity index (χ0) is 18.4. The SMILES string of the molecule is NCC(=O)C(Cc1ccccc1)NC(=O)c1cncn1-c1ccccc1. The van der Waals surface area contributed by atoms with Crippen molar-refractivity contribution in [1.29, 1.82) is 0 Å². The monoisotopic (exact) mass is 348 g/mol. The van der Waals surface area contributed by atoms with Gasteiger partial charge in [0.25, 0.3) is 5.91 Å². The molecule has 26 heavy (non-hydrogen) atoms. The van der Waals surface area contributed by atoms with Crippen LogP contribution in [0, 0.1) is 0 Å². The quantitative estimate of drug-likeness (QED) is 0.680. The number of nitrogens with one attached hydrogen (secondary N) is 1. The van der Waals surface area contributed by atoms with Gasteiger partial charge in [-0.25, -0.2) is 4.98 Å². The van der Waals surface area contributed by atoms with Gasteiger partial charge in [0.05, 0.1) is 25.1 Å². The Kier molecular flexibility index (Phi) is 5.56. The highest BCUT2D eigenvalue weighted by Crippen LogP contribution is 2.12. The number of nitrogens with zero attached hydrogens (tertiary/aromatic N) is 2. The highest BCUT2D eigenvalue weighted by molar-refractivity contribution is 5.97. The predicted molar refractivity (Wildman–Crippen MR) is 99.0 cm³/mol. The summed E-state index contributed by atoms with van der Waals surface area (Å²) in [5, 5.41) is 2.80. The van der Waals surface area contributed by atoms with Gasteiger partial charge in [0.15, 0.2) is 5.78 Å². The number of hydrogen-bond donors (Lipinski definition) is 2. The molecule has 1 unspecified atom stereocenters. The first-order valence-electron chi connectivity index (χ1n) is 8.34. The maximum atomic E-state index is 12.8. The Labute approximate surface area is 151 Å². The van der Waals surface area contributed by atoms with Crippen LogP contribution in [-0.4, -0.2) is 33.8 Å². The maximum absolute atomic E-state index is 12.8. The molecule has 0 aliphatic rings. The minimum Gasteiger partial charge on any atom is -0.341 e. The van der Waals surface area contributed by atoms with Crippen LogP contribution in [0.4, 0.5) is 0 Å². The van der Waals surface area contributed by atoms with Gasteiger partial charge >= 0.3 is 0 Å². The highest BCUT2D eigenvalue weighted by atomic mass is 16.2. The van der Waals surface area contributed by atoms with Crippen molar-refractivity contribution in [2.24, 2.45) is 5.73 Å². The van der Waals surface area contributed by atoms with E-state index in [9.17, 15) is 9.59 Å². The van der Waals surface area contributed by atoms with E-state index in [1.54, 1.807) is 10.9 Å². The summed E-state index contributed by atoms with van der Waals surface area (Å²) in [4.78, 5) is 29.0. The summed E-state index contributed by atoms with van der Waals surface area (Å²) in [6.07, 6.45) is 3.44. The molecule has 6 heteroatoms. The Morgan fingerprint density at radius 1 is 1.04 bits per heavy atom. The molecule has 1 amide bonds. The predicted octanol–water partition coefficient (Wildman–Crippen LogP) is 1.74. The third-order valence-corrected chi connectivity index (χ3v) is 4.08. The molecule has 0 fully saturated rings. The average Bonchev–Trinajstić information content (AvgIpc) is 3.18. The van der Waals surface area contributed by atoms with Crippen molar-refractivity contribution < 1.29 is 9.59 Å². The van der Waals surface area contributed by atoms with Crippen LogP contribution in [0.5, 0.6) is 0 Å². The van der Waals surface area contributed by atoms with E-state index in [1.807, 2.05) is 60.7 Å². The molecule has 1 heterocycles. The van der Waals surface area contributed by atoms with E-state index >= 15 is 0 Å². The lowest BCUT2D eigenvalue weighted by molar-refractivity contribution is -0.119. The second kappa shape index (κ2) is 8.22. The molecule has 2 aromatic carbocycles. The highest BCUT2D eigenvalue weighted by Gasteiger charge is 2.22. The van der Waals surface area contributed by atoms with Gasteiger partial charge in [-0.2, -0.15) is 0 Å². The number of carbonyl (C=O) groups excluding carboxylic acids is 2. The van der Waals surface area contributed by atoms with Gasteiger partial charge in [-0.05, 0) is 24.1 Å². The van der Waals surface area contributed by atoms with Crippen molar-refractivity contribution in [3.05, 3.63) is 84.4 Å². The Morgan fingerprint density at radius 3 is 2.35 bits per heavy atom. The first kappa shape index (κ1) is 17.6. The van der Waals surface area contributed by atoms with Crippen molar-refractivity contribution in [3.63, 3.8) is 0 Å². The fourth-order valence-electron chi connectivity index (χ4n) is 2.73. The number of rotatable bonds is 7. The van der Waals surface area contributed by atoms with Crippen LogP contribution >= 0.6 is 0 Å². The lowest BCUT2D eigenvalue weighted by Gasteiger charge is -2.17. The Morgan fingerprint density at radius 2 is 1.69 bits per heavy atom. The van der Waals surface area contributed by atoms with Crippen LogP contribution in [0.1, 0.15) is 16.1 Å². The summed E-state index contributed by atoms with van der Waals surface area (Å²) in [6, 6.07) is 18.3. The molecule has 0 saturated heterocycles. The summed E-state index contributed by atoms with van der Waals surface area (Å²) < 4.78 is 1.68. The Bertz CT molecular complexity index is 875. The second-order valence-corrected chi connectivity index (χ2v) is 5.87. The number of nitrogens with two attached hydrogens (primary N) is 1. The van der Waals surface area contributed by atoms with Gasteiger partial charge in [0.1, 0.15) is 5.69 Å². The standard InChI is InChI=1S/C20H20N4O2/c21-12-19(25)17(11-15-7-3-1-4-8-15)23-20(26)18-13-22-14-24(18)16-9-5-2-6-10-16/h1-10,13-14,17H,11-12,21H2,(H,23,26). The molecule has 3 rings (SSSR count). The fourth-order valence-corrected chi connectivity index (χ4v) is 2.73. The molecular formula is C20H20N4O2. The number of amides is 1. The number of hydrogen-bond acceptors (Lipinski definition) is 4. The van der Waals surface area contributed by atoms with Gasteiger partial charge in [0, 0.05) is 5.69 Å². The molecule has 0 radical (unpaired) electrons. The molecule has 0 aliphatic carbocycles. The lowest BCUT2D eigenvalue weighted by Crippen LogP contribution is -2.45. The molecule has 3 N–H and O–H groups in total. The molecular weight excluding hydrogens is 328 g/mol. The van der Waals surface area contributed by atoms with E-state index in [4.69, 9.17) is 5.73 Å². The minimum atomic E-state index is -0.686. The number of para-hydroxylation sites is 1. The molecule has 0 saturated carbocycles.